The lowest BCUT2D eigenvalue weighted by Gasteiger charge is -2.19. The van der Waals surface area contributed by atoms with Gasteiger partial charge in [0.05, 0.1) is 10.6 Å². The van der Waals surface area contributed by atoms with Crippen LogP contribution in [0.3, 0.4) is 0 Å². The summed E-state index contributed by atoms with van der Waals surface area (Å²) in [5, 5.41) is 3.16. The maximum atomic E-state index is 12.3. The number of nitrogens with one attached hydrogen (secondary N) is 1. The minimum atomic E-state index is -0.299. The summed E-state index contributed by atoms with van der Waals surface area (Å²) in [7, 11) is 0. The number of benzene rings is 2. The molecule has 2 aromatic carbocycles. The smallest absolute Gasteiger partial charge is 0.257 e. The fraction of sp³-hybridized carbons (Fsp3) is 0.133. The Bertz CT molecular complexity index is 705. The molecule has 0 saturated carbocycles. The first-order chi connectivity index (χ1) is 10.1. The van der Waals surface area contributed by atoms with Gasteiger partial charge >= 0.3 is 0 Å². The Kier molecular flexibility index (Phi) is 3.94. The van der Waals surface area contributed by atoms with Crippen molar-refractivity contribution < 1.29 is 14.3 Å². The molecule has 0 spiro atoms. The average molecular weight is 322 g/mol. The van der Waals surface area contributed by atoms with E-state index in [0.717, 1.165) is 0 Å². The van der Waals surface area contributed by atoms with E-state index in [1.165, 1.54) is 0 Å². The number of ether oxygens (including phenoxy) is 2. The predicted molar refractivity (Wildman–Crippen MR) is 84.1 cm³/mol. The number of halogens is 1. The van der Waals surface area contributed by atoms with Crippen LogP contribution in [-0.2, 0) is 0 Å². The number of fused-ring (bicyclic) bond motifs is 1. The van der Waals surface area contributed by atoms with Gasteiger partial charge in [-0.3, -0.25) is 4.79 Å². The van der Waals surface area contributed by atoms with Gasteiger partial charge in [0.1, 0.15) is 13.2 Å². The molecular formula is C15H12ClNO3S. The standard InChI is InChI=1S/C15H12ClNO3S/c16-12-3-2-10(21)8-11(12)15(18)17-9-1-4-13-14(7-9)20-6-5-19-13/h1-4,7-8,21H,5-6H2,(H,17,18). The molecular weight excluding hydrogens is 310 g/mol. The van der Waals surface area contributed by atoms with Crippen LogP contribution < -0.4 is 14.8 Å². The Balaban J connectivity index is 1.83. The number of anilines is 1. The normalized spacial score (nSPS) is 12.9. The lowest BCUT2D eigenvalue weighted by Crippen LogP contribution is -2.16. The fourth-order valence-electron chi connectivity index (χ4n) is 2.01. The highest BCUT2D eigenvalue weighted by Crippen LogP contribution is 2.33. The summed E-state index contributed by atoms with van der Waals surface area (Å²) in [4.78, 5) is 12.9. The molecule has 6 heteroatoms. The Morgan fingerprint density at radius 2 is 1.86 bits per heavy atom. The third-order valence-electron chi connectivity index (χ3n) is 2.99. The van der Waals surface area contributed by atoms with Gasteiger partial charge in [-0.25, -0.2) is 0 Å². The summed E-state index contributed by atoms with van der Waals surface area (Å²) in [6.07, 6.45) is 0. The molecule has 1 N–H and O–H groups in total. The van der Waals surface area contributed by atoms with Gasteiger partial charge in [-0.15, -0.1) is 12.6 Å². The molecule has 0 atom stereocenters. The van der Waals surface area contributed by atoms with Gasteiger partial charge < -0.3 is 14.8 Å². The van der Waals surface area contributed by atoms with E-state index in [9.17, 15) is 4.79 Å². The summed E-state index contributed by atoms with van der Waals surface area (Å²) in [6.45, 7) is 1.03. The van der Waals surface area contributed by atoms with E-state index in [-0.39, 0.29) is 5.91 Å². The highest BCUT2D eigenvalue weighted by Gasteiger charge is 2.15. The molecule has 0 aromatic heterocycles. The van der Waals surface area contributed by atoms with Gasteiger partial charge in [0.25, 0.3) is 5.91 Å². The van der Waals surface area contributed by atoms with E-state index >= 15 is 0 Å². The summed E-state index contributed by atoms with van der Waals surface area (Å²) < 4.78 is 10.9. The van der Waals surface area contributed by atoms with Crippen LogP contribution in [0.4, 0.5) is 5.69 Å². The number of rotatable bonds is 2. The predicted octanol–water partition coefficient (Wildman–Crippen LogP) is 3.65. The molecule has 0 unspecified atom stereocenters. The fourth-order valence-corrected chi connectivity index (χ4v) is 2.41. The van der Waals surface area contributed by atoms with Crippen molar-refractivity contribution in [3.8, 4) is 11.5 Å². The first kappa shape index (κ1) is 14.1. The van der Waals surface area contributed by atoms with E-state index in [4.69, 9.17) is 21.1 Å². The molecule has 0 aliphatic carbocycles. The van der Waals surface area contributed by atoms with E-state index in [1.807, 2.05) is 0 Å². The van der Waals surface area contributed by atoms with Crippen molar-refractivity contribution in [3.63, 3.8) is 0 Å². The zero-order chi connectivity index (χ0) is 14.8. The molecule has 0 radical (unpaired) electrons. The van der Waals surface area contributed by atoms with Crippen LogP contribution in [0.5, 0.6) is 11.5 Å². The molecule has 2 aromatic rings. The highest BCUT2D eigenvalue weighted by molar-refractivity contribution is 7.80. The molecule has 0 bridgehead atoms. The highest BCUT2D eigenvalue weighted by atomic mass is 35.5. The lowest BCUT2D eigenvalue weighted by molar-refractivity contribution is 0.102. The molecule has 0 fully saturated rings. The summed E-state index contributed by atoms with van der Waals surface area (Å²) in [5.41, 5.74) is 0.990. The van der Waals surface area contributed by atoms with Crippen molar-refractivity contribution in [2.24, 2.45) is 0 Å². The Morgan fingerprint density at radius 1 is 1.10 bits per heavy atom. The van der Waals surface area contributed by atoms with Crippen molar-refractivity contribution >= 4 is 35.8 Å². The molecule has 4 nitrogen and oxygen atoms in total. The largest absolute Gasteiger partial charge is 0.486 e. The molecule has 1 amide bonds. The van der Waals surface area contributed by atoms with Crippen molar-refractivity contribution in [1.29, 1.82) is 0 Å². The quantitative estimate of drug-likeness (QED) is 0.830. The minimum Gasteiger partial charge on any atom is -0.486 e. The van der Waals surface area contributed by atoms with Crippen LogP contribution in [-0.4, -0.2) is 19.1 Å². The molecule has 1 aliphatic rings. The summed E-state index contributed by atoms with van der Waals surface area (Å²) >= 11 is 10.2. The topological polar surface area (TPSA) is 47.6 Å². The van der Waals surface area contributed by atoms with E-state index in [0.29, 0.717) is 45.9 Å². The number of carbonyl (C=O) groups excluding carboxylic acids is 1. The van der Waals surface area contributed by atoms with Crippen LogP contribution in [0, 0.1) is 0 Å². The lowest BCUT2D eigenvalue weighted by atomic mass is 10.2. The number of amides is 1. The number of hydrogen-bond acceptors (Lipinski definition) is 4. The molecule has 21 heavy (non-hydrogen) atoms. The first-order valence-electron chi connectivity index (χ1n) is 6.33. The van der Waals surface area contributed by atoms with Crippen LogP contribution >= 0.6 is 24.2 Å². The van der Waals surface area contributed by atoms with Gasteiger partial charge in [0.2, 0.25) is 0 Å². The van der Waals surface area contributed by atoms with Crippen molar-refractivity contribution in [2.45, 2.75) is 4.90 Å². The van der Waals surface area contributed by atoms with Gasteiger partial charge in [-0.1, -0.05) is 11.6 Å². The van der Waals surface area contributed by atoms with Crippen molar-refractivity contribution in [3.05, 3.63) is 47.0 Å². The second-order valence-corrected chi connectivity index (χ2v) is 5.40. The van der Waals surface area contributed by atoms with E-state index in [1.54, 1.807) is 36.4 Å². The van der Waals surface area contributed by atoms with E-state index in [2.05, 4.69) is 17.9 Å². The second kappa shape index (κ2) is 5.87. The Hall–Kier alpha value is -1.85. The zero-order valence-corrected chi connectivity index (χ0v) is 12.6. The number of carbonyl (C=O) groups is 1. The van der Waals surface area contributed by atoms with Crippen molar-refractivity contribution in [2.75, 3.05) is 18.5 Å². The summed E-state index contributed by atoms with van der Waals surface area (Å²) in [6, 6.07) is 10.2. The molecule has 0 saturated heterocycles. The van der Waals surface area contributed by atoms with Gasteiger partial charge in [-0.05, 0) is 30.3 Å². The van der Waals surface area contributed by atoms with Gasteiger partial charge in [0, 0.05) is 16.6 Å². The maximum Gasteiger partial charge on any atom is 0.257 e. The second-order valence-electron chi connectivity index (χ2n) is 4.48. The summed E-state index contributed by atoms with van der Waals surface area (Å²) in [5.74, 6) is 0.996. The Morgan fingerprint density at radius 3 is 2.67 bits per heavy atom. The van der Waals surface area contributed by atoms with Crippen LogP contribution in [0.1, 0.15) is 10.4 Å². The third kappa shape index (κ3) is 3.09. The SMILES string of the molecule is O=C(Nc1ccc2c(c1)OCCO2)c1cc(S)ccc1Cl. The molecule has 1 heterocycles. The molecule has 108 valence electrons. The molecule has 1 aliphatic heterocycles. The third-order valence-corrected chi connectivity index (χ3v) is 3.60. The first-order valence-corrected chi connectivity index (χ1v) is 7.15. The Labute approximate surface area is 132 Å². The van der Waals surface area contributed by atoms with Crippen LogP contribution in [0.25, 0.3) is 0 Å². The maximum absolute atomic E-state index is 12.3. The zero-order valence-electron chi connectivity index (χ0n) is 10.9. The number of hydrogen-bond donors (Lipinski definition) is 2. The van der Waals surface area contributed by atoms with Crippen LogP contribution in [0.15, 0.2) is 41.3 Å². The van der Waals surface area contributed by atoms with Gasteiger partial charge in [0.15, 0.2) is 11.5 Å². The van der Waals surface area contributed by atoms with Crippen molar-refractivity contribution in [1.82, 2.24) is 0 Å². The van der Waals surface area contributed by atoms with Gasteiger partial charge in [-0.2, -0.15) is 0 Å². The van der Waals surface area contributed by atoms with Crippen LogP contribution in [0.2, 0.25) is 5.02 Å². The number of thiol groups is 1. The molecule has 3 rings (SSSR count). The minimum absolute atomic E-state index is 0.299. The monoisotopic (exact) mass is 321 g/mol. The average Bonchev–Trinajstić information content (AvgIpc) is 2.49. The van der Waals surface area contributed by atoms with E-state index < -0.39 is 0 Å².